The van der Waals surface area contributed by atoms with E-state index in [9.17, 15) is 29.4 Å². The summed E-state index contributed by atoms with van der Waals surface area (Å²) in [5, 5.41) is 20.4. The van der Waals surface area contributed by atoms with Crippen molar-refractivity contribution in [3.63, 3.8) is 0 Å². The predicted molar refractivity (Wildman–Crippen MR) is 169 cm³/mol. The molecule has 4 fully saturated rings. The van der Waals surface area contributed by atoms with Crippen LogP contribution < -0.4 is 0 Å². The number of quaternary nitrogens is 2. The molecule has 0 aromatic heterocycles. The summed E-state index contributed by atoms with van der Waals surface area (Å²) < 4.78 is 1.44. The summed E-state index contributed by atoms with van der Waals surface area (Å²) in [5.74, 6) is -2.29. The standard InChI is InChI=1S/C37H36N3O6/c1-21-30(33(37(45)46)38-32(21)31(22(2)41)35(38)43)25-9-11-27-28(19-25)26-10-8-23(18-29(26)34(27)42)20-39-12-15-40(16-13-39,17-14-39)36(44)24-6-4-3-5-7-24/h3-11,18-19,21-22,31-32,41H,12-17,20H2,1-2H3/q+1/p+1/t21-,22+,31+,32+,39?,40?/m0/s1. The van der Waals surface area contributed by atoms with Crippen molar-refractivity contribution in [2.45, 2.75) is 32.5 Å². The zero-order chi connectivity index (χ0) is 32.1. The van der Waals surface area contributed by atoms with Crippen molar-refractivity contribution in [3.05, 3.63) is 100 Å². The van der Waals surface area contributed by atoms with Crippen molar-refractivity contribution in [1.82, 2.24) is 4.90 Å². The van der Waals surface area contributed by atoms with Crippen LogP contribution in [-0.2, 0) is 16.1 Å². The largest absolute Gasteiger partial charge is 0.477 e. The average Bonchev–Trinajstić information content (AvgIpc) is 3.49. The van der Waals surface area contributed by atoms with E-state index in [-0.39, 0.29) is 29.2 Å². The molecule has 9 nitrogen and oxygen atoms in total. The lowest BCUT2D eigenvalue weighted by molar-refractivity contribution is -1.06. The number of nitrogens with zero attached hydrogens (tertiary/aromatic N) is 3. The molecule has 3 aromatic carbocycles. The molecule has 9 rings (SSSR count). The number of amides is 2. The molecule has 46 heavy (non-hydrogen) atoms. The number of carboxylic acid groups (broad SMARTS) is 1. The van der Waals surface area contributed by atoms with E-state index in [4.69, 9.17) is 0 Å². The van der Waals surface area contributed by atoms with Crippen molar-refractivity contribution in [2.75, 3.05) is 39.3 Å². The van der Waals surface area contributed by atoms with Gasteiger partial charge in [-0.05, 0) is 59.5 Å². The van der Waals surface area contributed by atoms with Crippen molar-refractivity contribution in [3.8, 4) is 11.1 Å². The van der Waals surface area contributed by atoms with Gasteiger partial charge in [0.15, 0.2) is 5.78 Å². The Balaban J connectivity index is 1.06. The minimum absolute atomic E-state index is 0.0376. The Morgan fingerprint density at radius 1 is 0.870 bits per heavy atom. The lowest BCUT2D eigenvalue weighted by Crippen LogP contribution is -2.76. The van der Waals surface area contributed by atoms with Gasteiger partial charge in [0.2, 0.25) is 5.91 Å². The van der Waals surface area contributed by atoms with Gasteiger partial charge in [0, 0.05) is 22.6 Å². The molecule has 0 radical (unpaired) electrons. The van der Waals surface area contributed by atoms with Crippen molar-refractivity contribution in [1.29, 1.82) is 0 Å². The Labute approximate surface area is 267 Å². The fraction of sp³-hybridized carbons (Fsp3) is 0.351. The Bertz CT molecular complexity index is 1870. The normalized spacial score (nSPS) is 29.7. The van der Waals surface area contributed by atoms with E-state index < -0.39 is 24.0 Å². The lowest BCUT2D eigenvalue weighted by atomic mass is 9.76. The van der Waals surface area contributed by atoms with Crippen LogP contribution in [0.15, 0.2) is 72.4 Å². The van der Waals surface area contributed by atoms with E-state index in [1.54, 1.807) is 19.1 Å². The molecule has 4 saturated heterocycles. The molecule has 2 bridgehead atoms. The number of aliphatic hydroxyl groups is 1. The summed E-state index contributed by atoms with van der Waals surface area (Å²) in [6.45, 7) is 9.49. The summed E-state index contributed by atoms with van der Waals surface area (Å²) in [4.78, 5) is 53.7. The Morgan fingerprint density at radius 3 is 2.20 bits per heavy atom. The van der Waals surface area contributed by atoms with Crippen LogP contribution in [0.2, 0.25) is 0 Å². The first kappa shape index (κ1) is 29.0. The molecule has 9 heteroatoms. The van der Waals surface area contributed by atoms with Gasteiger partial charge < -0.3 is 19.6 Å². The van der Waals surface area contributed by atoms with E-state index in [0.29, 0.717) is 26.7 Å². The highest BCUT2D eigenvalue weighted by Gasteiger charge is 2.60. The smallest absolute Gasteiger partial charge is 0.352 e. The van der Waals surface area contributed by atoms with E-state index in [2.05, 4.69) is 6.07 Å². The molecule has 3 aromatic rings. The number of carbonyl (C=O) groups is 4. The number of fused-ring (bicyclic) bond motifs is 7. The lowest BCUT2D eigenvalue weighted by Gasteiger charge is -2.54. The number of carbonyl (C=O) groups excluding carboxylic acids is 3. The number of piperazine rings is 3. The maximum Gasteiger partial charge on any atom is 0.352 e. The van der Waals surface area contributed by atoms with Crippen LogP contribution in [0.4, 0.5) is 0 Å². The van der Waals surface area contributed by atoms with Crippen LogP contribution in [0.5, 0.6) is 0 Å². The number of rotatable bonds is 6. The highest BCUT2D eigenvalue weighted by atomic mass is 16.4. The molecule has 2 amide bonds. The number of carboxylic acids is 1. The van der Waals surface area contributed by atoms with Crippen LogP contribution >= 0.6 is 0 Å². The third-order valence-corrected chi connectivity index (χ3v) is 11.5. The first-order valence-electron chi connectivity index (χ1n) is 16.2. The summed E-state index contributed by atoms with van der Waals surface area (Å²) in [6.07, 6.45) is -0.872. The third-order valence-electron chi connectivity index (χ3n) is 11.5. The number of hydrogen-bond donors (Lipinski definition) is 2. The third kappa shape index (κ3) is 3.98. The highest BCUT2D eigenvalue weighted by Crippen LogP contribution is 2.51. The average molecular weight is 620 g/mol. The molecular formula is C37H37N3O6+2. The second-order valence-electron chi connectivity index (χ2n) is 13.9. The molecular weight excluding hydrogens is 582 g/mol. The maximum absolute atomic E-state index is 13.7. The van der Waals surface area contributed by atoms with Crippen LogP contribution in [-0.4, -0.2) is 99.1 Å². The van der Waals surface area contributed by atoms with Crippen molar-refractivity contribution >= 4 is 29.1 Å². The van der Waals surface area contributed by atoms with Gasteiger partial charge >= 0.3 is 11.9 Å². The summed E-state index contributed by atoms with van der Waals surface area (Å²) >= 11 is 0. The van der Waals surface area contributed by atoms with E-state index >= 15 is 0 Å². The molecule has 1 aliphatic carbocycles. The fourth-order valence-electron chi connectivity index (χ4n) is 9.01. The van der Waals surface area contributed by atoms with Gasteiger partial charge in [-0.2, -0.15) is 0 Å². The van der Waals surface area contributed by atoms with E-state index in [0.717, 1.165) is 72.6 Å². The van der Waals surface area contributed by atoms with Gasteiger partial charge in [0.05, 0.1) is 23.6 Å². The van der Waals surface area contributed by atoms with Crippen LogP contribution in [0.1, 0.15) is 51.3 Å². The predicted octanol–water partition coefficient (Wildman–Crippen LogP) is 3.55. The molecule has 4 atom stereocenters. The molecule has 2 N–H and O–H groups in total. The topological polar surface area (TPSA) is 112 Å². The summed E-state index contributed by atoms with van der Waals surface area (Å²) in [6, 6.07) is 20.8. The van der Waals surface area contributed by atoms with Crippen molar-refractivity contribution in [2.24, 2.45) is 11.8 Å². The minimum Gasteiger partial charge on any atom is -0.477 e. The second-order valence-corrected chi connectivity index (χ2v) is 13.9. The van der Waals surface area contributed by atoms with Gasteiger partial charge in [0.1, 0.15) is 51.5 Å². The number of ketones is 1. The molecule has 5 heterocycles. The van der Waals surface area contributed by atoms with E-state index in [1.165, 1.54) is 4.90 Å². The molecule has 0 unspecified atom stereocenters. The molecule has 6 aliphatic rings. The SMILES string of the molecule is C[C@@H](O)[C@H]1C(=O)N2C(C(=O)O)=C(c3ccc4c(c3)-c3ccc(C[N+]56CC[N+](C(=O)c7ccccc7)(CC5)CC6)cc3C4=O)[C@H](C)[C@H]12. The highest BCUT2D eigenvalue weighted by molar-refractivity contribution is 6.22. The number of hydrogen-bond acceptors (Lipinski definition) is 5. The maximum atomic E-state index is 13.7. The van der Waals surface area contributed by atoms with Gasteiger partial charge in [-0.1, -0.05) is 43.3 Å². The number of aliphatic carboxylic acids is 1. The zero-order valence-corrected chi connectivity index (χ0v) is 26.0. The molecule has 234 valence electrons. The Kier molecular flexibility index (Phi) is 6.32. The number of aliphatic hydroxyl groups excluding tert-OH is 1. The van der Waals surface area contributed by atoms with Gasteiger partial charge in [-0.15, -0.1) is 0 Å². The first-order valence-corrected chi connectivity index (χ1v) is 16.2. The second kappa shape index (κ2) is 10.0. The number of benzene rings is 3. The molecule has 5 aliphatic heterocycles. The molecule has 0 spiro atoms. The van der Waals surface area contributed by atoms with Gasteiger partial charge in [-0.25, -0.2) is 14.1 Å². The van der Waals surface area contributed by atoms with Crippen molar-refractivity contribution < 1.29 is 38.4 Å². The Morgan fingerprint density at radius 2 is 1.54 bits per heavy atom. The zero-order valence-electron chi connectivity index (χ0n) is 26.0. The van der Waals surface area contributed by atoms with Gasteiger partial charge in [-0.3, -0.25) is 9.59 Å². The van der Waals surface area contributed by atoms with Crippen LogP contribution in [0.3, 0.4) is 0 Å². The summed E-state index contributed by atoms with van der Waals surface area (Å²) in [5.41, 5.74) is 5.91. The monoisotopic (exact) mass is 619 g/mol. The molecule has 0 saturated carbocycles. The first-order chi connectivity index (χ1) is 22.0. The van der Waals surface area contributed by atoms with E-state index in [1.807, 2.05) is 55.5 Å². The number of β-lactam (4-membered cyclic amide) rings is 1. The quantitative estimate of drug-likeness (QED) is 0.252. The van der Waals surface area contributed by atoms with Crippen LogP contribution in [0.25, 0.3) is 16.7 Å². The van der Waals surface area contributed by atoms with Crippen LogP contribution in [0, 0.1) is 11.8 Å². The fourth-order valence-corrected chi connectivity index (χ4v) is 9.01. The minimum atomic E-state index is -1.17. The summed E-state index contributed by atoms with van der Waals surface area (Å²) in [7, 11) is 0. The Hall–Kier alpha value is -4.44. The van der Waals surface area contributed by atoms with Gasteiger partial charge in [0.25, 0.3) is 0 Å².